The van der Waals surface area contributed by atoms with Gasteiger partial charge in [0, 0.05) is 24.9 Å². The zero-order chi connectivity index (χ0) is 12.8. The lowest BCUT2D eigenvalue weighted by Gasteiger charge is -2.08. The van der Waals surface area contributed by atoms with Crippen LogP contribution in [-0.2, 0) is 6.42 Å². The number of nitrogens with zero attached hydrogens (tertiary/aromatic N) is 3. The summed E-state index contributed by atoms with van der Waals surface area (Å²) < 4.78 is 0. The molecule has 0 fully saturated rings. The van der Waals surface area contributed by atoms with E-state index in [0.717, 1.165) is 25.2 Å². The Morgan fingerprint density at radius 1 is 1.33 bits per heavy atom. The Morgan fingerprint density at radius 2 is 2.22 bits per heavy atom. The van der Waals surface area contributed by atoms with Gasteiger partial charge in [-0.2, -0.15) is 4.98 Å². The van der Waals surface area contributed by atoms with Crippen molar-refractivity contribution in [1.29, 1.82) is 0 Å². The van der Waals surface area contributed by atoms with Crippen LogP contribution in [-0.4, -0.2) is 28.0 Å². The first-order valence-electron chi connectivity index (χ1n) is 5.67. The first-order chi connectivity index (χ1) is 8.79. The molecule has 18 heavy (non-hydrogen) atoms. The molecule has 5 nitrogen and oxygen atoms in total. The smallest absolute Gasteiger partial charge is 0.224 e. The fourth-order valence-corrected chi connectivity index (χ4v) is 2.16. The average molecular weight is 284 g/mol. The number of hydrogen-bond donors (Lipinski definition) is 2. The van der Waals surface area contributed by atoms with E-state index in [0.29, 0.717) is 16.8 Å². The fourth-order valence-electron chi connectivity index (χ4n) is 1.40. The van der Waals surface area contributed by atoms with E-state index in [4.69, 9.17) is 11.6 Å². The van der Waals surface area contributed by atoms with Gasteiger partial charge in [-0.25, -0.2) is 9.97 Å². The molecule has 96 valence electrons. The predicted octanol–water partition coefficient (Wildman–Crippen LogP) is 2.67. The van der Waals surface area contributed by atoms with Crippen molar-refractivity contribution in [2.24, 2.45) is 0 Å². The SMILES string of the molecule is CCNc1ncc(Cl)c(NCCc2cscn2)n1. The molecule has 0 amide bonds. The Balaban J connectivity index is 1.93. The minimum absolute atomic E-state index is 0.523. The monoisotopic (exact) mass is 283 g/mol. The van der Waals surface area contributed by atoms with E-state index in [2.05, 4.69) is 25.6 Å². The van der Waals surface area contributed by atoms with Crippen molar-refractivity contribution in [1.82, 2.24) is 15.0 Å². The third kappa shape index (κ3) is 3.54. The van der Waals surface area contributed by atoms with Crippen LogP contribution in [0, 0.1) is 0 Å². The molecule has 0 spiro atoms. The van der Waals surface area contributed by atoms with Crippen molar-refractivity contribution < 1.29 is 0 Å². The highest BCUT2D eigenvalue weighted by Crippen LogP contribution is 2.19. The normalized spacial score (nSPS) is 10.3. The van der Waals surface area contributed by atoms with E-state index >= 15 is 0 Å². The molecule has 0 aliphatic heterocycles. The van der Waals surface area contributed by atoms with Crippen molar-refractivity contribution in [3.63, 3.8) is 0 Å². The standard InChI is InChI=1S/C11H14ClN5S/c1-2-13-11-15-5-9(12)10(17-11)14-4-3-8-6-18-7-16-8/h5-7H,2-4H2,1H3,(H2,13,14,15,17). The third-order valence-corrected chi connectivity index (χ3v) is 3.15. The Bertz CT molecular complexity index is 488. The van der Waals surface area contributed by atoms with Crippen LogP contribution in [0.3, 0.4) is 0 Å². The molecule has 0 bridgehead atoms. The molecule has 0 saturated carbocycles. The van der Waals surface area contributed by atoms with Crippen LogP contribution in [0.15, 0.2) is 17.1 Å². The van der Waals surface area contributed by atoms with Gasteiger partial charge in [0.1, 0.15) is 10.8 Å². The van der Waals surface area contributed by atoms with E-state index in [-0.39, 0.29) is 0 Å². The topological polar surface area (TPSA) is 62.7 Å². The van der Waals surface area contributed by atoms with E-state index in [1.165, 1.54) is 0 Å². The van der Waals surface area contributed by atoms with Gasteiger partial charge in [-0.1, -0.05) is 11.6 Å². The minimum Gasteiger partial charge on any atom is -0.368 e. The fraction of sp³-hybridized carbons (Fsp3) is 0.364. The number of anilines is 2. The van der Waals surface area contributed by atoms with Crippen molar-refractivity contribution in [3.8, 4) is 0 Å². The predicted molar refractivity (Wildman–Crippen MR) is 75.5 cm³/mol. The lowest BCUT2D eigenvalue weighted by molar-refractivity contribution is 0.963. The van der Waals surface area contributed by atoms with E-state index in [9.17, 15) is 0 Å². The summed E-state index contributed by atoms with van der Waals surface area (Å²) in [5.41, 5.74) is 2.90. The molecule has 2 aromatic heterocycles. The maximum Gasteiger partial charge on any atom is 0.224 e. The minimum atomic E-state index is 0.523. The van der Waals surface area contributed by atoms with Gasteiger partial charge in [0.15, 0.2) is 0 Å². The first kappa shape index (κ1) is 13.0. The van der Waals surface area contributed by atoms with E-state index in [1.54, 1.807) is 17.5 Å². The number of nitrogens with one attached hydrogen (secondary N) is 2. The second-order valence-electron chi connectivity index (χ2n) is 3.58. The van der Waals surface area contributed by atoms with Crippen LogP contribution in [0.1, 0.15) is 12.6 Å². The lowest BCUT2D eigenvalue weighted by Crippen LogP contribution is -2.09. The number of aromatic nitrogens is 3. The number of halogens is 1. The van der Waals surface area contributed by atoms with Crippen LogP contribution in [0.25, 0.3) is 0 Å². The van der Waals surface area contributed by atoms with Gasteiger partial charge in [0.05, 0.1) is 17.4 Å². The molecule has 7 heteroatoms. The number of hydrogen-bond acceptors (Lipinski definition) is 6. The molecule has 0 radical (unpaired) electrons. The largest absolute Gasteiger partial charge is 0.368 e. The van der Waals surface area contributed by atoms with Crippen LogP contribution in [0.4, 0.5) is 11.8 Å². The molecule has 2 rings (SSSR count). The van der Waals surface area contributed by atoms with Gasteiger partial charge < -0.3 is 10.6 Å². The highest BCUT2D eigenvalue weighted by Gasteiger charge is 2.04. The molecule has 0 atom stereocenters. The summed E-state index contributed by atoms with van der Waals surface area (Å²) in [6, 6.07) is 0. The zero-order valence-electron chi connectivity index (χ0n) is 9.98. The molecule has 2 N–H and O–H groups in total. The number of thiazole rings is 1. The molecular weight excluding hydrogens is 270 g/mol. The van der Waals surface area contributed by atoms with Gasteiger partial charge in [0.25, 0.3) is 0 Å². The van der Waals surface area contributed by atoms with E-state index < -0.39 is 0 Å². The number of rotatable bonds is 6. The van der Waals surface area contributed by atoms with Crippen molar-refractivity contribution in [3.05, 3.63) is 27.8 Å². The maximum absolute atomic E-state index is 6.03. The van der Waals surface area contributed by atoms with Gasteiger partial charge >= 0.3 is 0 Å². The van der Waals surface area contributed by atoms with Crippen molar-refractivity contribution in [2.75, 3.05) is 23.7 Å². The Labute approximate surface area is 115 Å². The summed E-state index contributed by atoms with van der Waals surface area (Å²) in [7, 11) is 0. The van der Waals surface area contributed by atoms with E-state index in [1.807, 2.05) is 17.8 Å². The van der Waals surface area contributed by atoms with Crippen LogP contribution in [0.2, 0.25) is 5.02 Å². The first-order valence-corrected chi connectivity index (χ1v) is 6.99. The van der Waals surface area contributed by atoms with Crippen molar-refractivity contribution in [2.45, 2.75) is 13.3 Å². The Morgan fingerprint density at radius 3 is 2.94 bits per heavy atom. The van der Waals surface area contributed by atoms with Crippen LogP contribution < -0.4 is 10.6 Å². The van der Waals surface area contributed by atoms with Gasteiger partial charge in [-0.3, -0.25) is 0 Å². The molecular formula is C11H14ClN5S. The summed E-state index contributed by atoms with van der Waals surface area (Å²) in [4.78, 5) is 12.6. The molecule has 0 unspecified atom stereocenters. The van der Waals surface area contributed by atoms with Crippen molar-refractivity contribution >= 4 is 34.7 Å². The van der Waals surface area contributed by atoms with Crippen LogP contribution in [0.5, 0.6) is 0 Å². The summed E-state index contributed by atoms with van der Waals surface area (Å²) in [6.45, 7) is 3.51. The van der Waals surface area contributed by atoms with Gasteiger partial charge in [-0.05, 0) is 6.92 Å². The maximum atomic E-state index is 6.03. The third-order valence-electron chi connectivity index (χ3n) is 2.24. The second-order valence-corrected chi connectivity index (χ2v) is 4.70. The molecule has 0 aliphatic carbocycles. The summed E-state index contributed by atoms with van der Waals surface area (Å²) in [5.74, 6) is 1.23. The summed E-state index contributed by atoms with van der Waals surface area (Å²) in [6.07, 6.45) is 2.44. The molecule has 2 aromatic rings. The summed E-state index contributed by atoms with van der Waals surface area (Å²) in [5, 5.41) is 8.80. The molecule has 0 aromatic carbocycles. The molecule has 2 heterocycles. The molecule has 0 saturated heterocycles. The highest BCUT2D eigenvalue weighted by molar-refractivity contribution is 7.07. The van der Waals surface area contributed by atoms with Gasteiger partial charge in [0.2, 0.25) is 5.95 Å². The quantitative estimate of drug-likeness (QED) is 0.853. The zero-order valence-corrected chi connectivity index (χ0v) is 11.6. The Hall–Kier alpha value is -1.40. The van der Waals surface area contributed by atoms with Gasteiger partial charge in [-0.15, -0.1) is 11.3 Å². The second kappa shape index (κ2) is 6.51. The average Bonchev–Trinajstić information content (AvgIpc) is 2.86. The Kier molecular flexibility index (Phi) is 4.72. The highest BCUT2D eigenvalue weighted by atomic mass is 35.5. The lowest BCUT2D eigenvalue weighted by atomic mass is 10.3. The summed E-state index contributed by atoms with van der Waals surface area (Å²) >= 11 is 7.63. The van der Waals surface area contributed by atoms with Crippen LogP contribution >= 0.6 is 22.9 Å². The molecule has 0 aliphatic rings.